The number of aryl methyl sites for hydroxylation is 1. The van der Waals surface area contributed by atoms with Gasteiger partial charge in [0.1, 0.15) is 0 Å². The standard InChI is InChI=1S/C13H19N3O/c1-11-7-12(9-15-8-11)13(17)10-16-5-2-3-14-4-6-16/h7-9,14H,2-6,10H2,1H3. The van der Waals surface area contributed by atoms with Gasteiger partial charge in [-0.25, -0.2) is 0 Å². The number of hydrogen-bond donors (Lipinski definition) is 1. The molecule has 0 saturated carbocycles. The molecule has 4 heteroatoms. The summed E-state index contributed by atoms with van der Waals surface area (Å²) in [5.41, 5.74) is 1.76. The Morgan fingerprint density at radius 1 is 1.41 bits per heavy atom. The predicted molar refractivity (Wildman–Crippen MR) is 67.2 cm³/mol. The van der Waals surface area contributed by atoms with Crippen LogP contribution in [0.4, 0.5) is 0 Å². The van der Waals surface area contributed by atoms with E-state index in [4.69, 9.17) is 0 Å². The van der Waals surface area contributed by atoms with Crippen LogP contribution in [0.2, 0.25) is 0 Å². The highest BCUT2D eigenvalue weighted by molar-refractivity contribution is 5.97. The largest absolute Gasteiger partial charge is 0.315 e. The second kappa shape index (κ2) is 5.89. The fourth-order valence-electron chi connectivity index (χ4n) is 2.06. The average Bonchev–Trinajstić information content (AvgIpc) is 2.57. The number of ketones is 1. The van der Waals surface area contributed by atoms with Crippen LogP contribution < -0.4 is 5.32 Å². The molecule has 0 unspecified atom stereocenters. The first-order chi connectivity index (χ1) is 8.25. The van der Waals surface area contributed by atoms with Gasteiger partial charge in [0.25, 0.3) is 0 Å². The Labute approximate surface area is 102 Å². The molecule has 1 fully saturated rings. The molecule has 1 aromatic heterocycles. The van der Waals surface area contributed by atoms with E-state index in [1.165, 1.54) is 0 Å². The monoisotopic (exact) mass is 233 g/mol. The lowest BCUT2D eigenvalue weighted by atomic mass is 10.1. The molecule has 1 saturated heterocycles. The number of carbonyl (C=O) groups is 1. The Hall–Kier alpha value is -1.26. The Kier molecular flexibility index (Phi) is 4.23. The summed E-state index contributed by atoms with van der Waals surface area (Å²) in [4.78, 5) is 18.4. The van der Waals surface area contributed by atoms with E-state index in [1.807, 2.05) is 13.0 Å². The molecule has 1 aromatic rings. The Morgan fingerprint density at radius 3 is 3.12 bits per heavy atom. The second-order valence-corrected chi connectivity index (χ2v) is 4.55. The lowest BCUT2D eigenvalue weighted by molar-refractivity contribution is 0.0934. The van der Waals surface area contributed by atoms with Gasteiger partial charge in [-0.3, -0.25) is 14.7 Å². The summed E-state index contributed by atoms with van der Waals surface area (Å²) in [7, 11) is 0. The van der Waals surface area contributed by atoms with E-state index in [0.29, 0.717) is 6.54 Å². The second-order valence-electron chi connectivity index (χ2n) is 4.55. The van der Waals surface area contributed by atoms with Crippen molar-refractivity contribution < 1.29 is 4.79 Å². The van der Waals surface area contributed by atoms with Crippen LogP contribution in [0.1, 0.15) is 22.3 Å². The number of hydrogen-bond acceptors (Lipinski definition) is 4. The van der Waals surface area contributed by atoms with Crippen LogP contribution in [0.5, 0.6) is 0 Å². The van der Waals surface area contributed by atoms with Gasteiger partial charge in [-0.2, -0.15) is 0 Å². The summed E-state index contributed by atoms with van der Waals surface area (Å²) < 4.78 is 0. The van der Waals surface area contributed by atoms with Crippen molar-refractivity contribution in [3.8, 4) is 0 Å². The number of aromatic nitrogens is 1. The molecule has 0 radical (unpaired) electrons. The average molecular weight is 233 g/mol. The quantitative estimate of drug-likeness (QED) is 0.787. The third-order valence-electron chi connectivity index (χ3n) is 3.00. The first-order valence-corrected chi connectivity index (χ1v) is 6.13. The van der Waals surface area contributed by atoms with E-state index in [-0.39, 0.29) is 5.78 Å². The van der Waals surface area contributed by atoms with Crippen LogP contribution in [0.3, 0.4) is 0 Å². The molecular weight excluding hydrogens is 214 g/mol. The molecule has 0 spiro atoms. The summed E-state index contributed by atoms with van der Waals surface area (Å²) in [6.07, 6.45) is 4.54. The number of rotatable bonds is 3. The third-order valence-corrected chi connectivity index (χ3v) is 3.00. The molecule has 2 rings (SSSR count). The lowest BCUT2D eigenvalue weighted by Crippen LogP contribution is -2.33. The van der Waals surface area contributed by atoms with Crippen molar-refractivity contribution in [1.29, 1.82) is 0 Å². The Morgan fingerprint density at radius 2 is 2.29 bits per heavy atom. The molecule has 1 aliphatic heterocycles. The van der Waals surface area contributed by atoms with Crippen molar-refractivity contribution in [3.05, 3.63) is 29.6 Å². The number of nitrogens with zero attached hydrogens (tertiary/aromatic N) is 2. The minimum absolute atomic E-state index is 0.170. The predicted octanol–water partition coefficient (Wildman–Crippen LogP) is 0.868. The molecule has 1 N–H and O–H groups in total. The fraction of sp³-hybridized carbons (Fsp3) is 0.538. The molecular formula is C13H19N3O. The van der Waals surface area contributed by atoms with E-state index in [0.717, 1.165) is 43.7 Å². The van der Waals surface area contributed by atoms with Crippen molar-refractivity contribution in [1.82, 2.24) is 15.2 Å². The molecule has 0 aromatic carbocycles. The molecule has 0 aliphatic carbocycles. The fourth-order valence-corrected chi connectivity index (χ4v) is 2.06. The van der Waals surface area contributed by atoms with E-state index in [2.05, 4.69) is 15.2 Å². The topological polar surface area (TPSA) is 45.2 Å². The zero-order chi connectivity index (χ0) is 12.1. The maximum absolute atomic E-state index is 12.1. The molecule has 4 nitrogen and oxygen atoms in total. The van der Waals surface area contributed by atoms with Gasteiger partial charge in [0, 0.05) is 31.0 Å². The summed E-state index contributed by atoms with van der Waals surface area (Å²) in [5.74, 6) is 0.170. The summed E-state index contributed by atoms with van der Waals surface area (Å²) in [6.45, 7) is 6.44. The number of pyridine rings is 1. The highest BCUT2D eigenvalue weighted by atomic mass is 16.1. The van der Waals surface area contributed by atoms with E-state index in [1.54, 1.807) is 12.4 Å². The summed E-state index contributed by atoms with van der Waals surface area (Å²) in [6, 6.07) is 1.91. The van der Waals surface area contributed by atoms with E-state index in [9.17, 15) is 4.79 Å². The van der Waals surface area contributed by atoms with Gasteiger partial charge in [-0.1, -0.05) is 0 Å². The third kappa shape index (κ3) is 3.61. The van der Waals surface area contributed by atoms with Crippen molar-refractivity contribution in [2.45, 2.75) is 13.3 Å². The van der Waals surface area contributed by atoms with Crippen LogP contribution >= 0.6 is 0 Å². The highest BCUT2D eigenvalue weighted by Crippen LogP contribution is 2.04. The van der Waals surface area contributed by atoms with Crippen LogP contribution in [0, 0.1) is 6.92 Å². The van der Waals surface area contributed by atoms with Gasteiger partial charge < -0.3 is 5.32 Å². The zero-order valence-corrected chi connectivity index (χ0v) is 10.3. The Balaban J connectivity index is 1.96. The van der Waals surface area contributed by atoms with Crippen LogP contribution in [0.25, 0.3) is 0 Å². The Bertz CT molecular complexity index is 384. The van der Waals surface area contributed by atoms with Crippen LogP contribution in [0.15, 0.2) is 18.5 Å². The van der Waals surface area contributed by atoms with E-state index >= 15 is 0 Å². The van der Waals surface area contributed by atoms with Crippen molar-refractivity contribution in [3.63, 3.8) is 0 Å². The number of Topliss-reactive ketones (excluding diaryl/α,β-unsaturated/α-hetero) is 1. The van der Waals surface area contributed by atoms with Gasteiger partial charge in [0.2, 0.25) is 0 Å². The molecule has 2 heterocycles. The minimum atomic E-state index is 0.170. The molecule has 17 heavy (non-hydrogen) atoms. The van der Waals surface area contributed by atoms with E-state index < -0.39 is 0 Å². The molecule has 92 valence electrons. The normalized spacial score (nSPS) is 17.7. The first kappa shape index (κ1) is 12.2. The smallest absolute Gasteiger partial charge is 0.178 e. The zero-order valence-electron chi connectivity index (χ0n) is 10.3. The maximum atomic E-state index is 12.1. The van der Waals surface area contributed by atoms with Gasteiger partial charge in [0.15, 0.2) is 5.78 Å². The highest BCUT2D eigenvalue weighted by Gasteiger charge is 2.14. The number of carbonyl (C=O) groups excluding carboxylic acids is 1. The van der Waals surface area contributed by atoms with Crippen molar-refractivity contribution >= 4 is 5.78 Å². The SMILES string of the molecule is Cc1cncc(C(=O)CN2CCCNCC2)c1. The molecule has 0 amide bonds. The van der Waals surface area contributed by atoms with Crippen LogP contribution in [-0.2, 0) is 0 Å². The van der Waals surface area contributed by atoms with Crippen LogP contribution in [-0.4, -0.2) is 48.4 Å². The van der Waals surface area contributed by atoms with Gasteiger partial charge in [-0.15, -0.1) is 0 Å². The summed E-state index contributed by atoms with van der Waals surface area (Å²) >= 11 is 0. The van der Waals surface area contributed by atoms with Gasteiger partial charge in [-0.05, 0) is 38.1 Å². The molecule has 0 bridgehead atoms. The molecule has 1 aliphatic rings. The van der Waals surface area contributed by atoms with Crippen molar-refractivity contribution in [2.75, 3.05) is 32.7 Å². The summed E-state index contributed by atoms with van der Waals surface area (Å²) in [5, 5.41) is 3.33. The van der Waals surface area contributed by atoms with Gasteiger partial charge >= 0.3 is 0 Å². The minimum Gasteiger partial charge on any atom is -0.315 e. The lowest BCUT2D eigenvalue weighted by Gasteiger charge is -2.18. The molecule has 0 atom stereocenters. The maximum Gasteiger partial charge on any atom is 0.178 e. The van der Waals surface area contributed by atoms with Crippen molar-refractivity contribution in [2.24, 2.45) is 0 Å². The number of nitrogens with one attached hydrogen (secondary N) is 1. The van der Waals surface area contributed by atoms with Gasteiger partial charge in [0.05, 0.1) is 6.54 Å². The first-order valence-electron chi connectivity index (χ1n) is 6.13.